The predicted molar refractivity (Wildman–Crippen MR) is 102 cm³/mol. The lowest BCUT2D eigenvalue weighted by Gasteiger charge is -2.36. The molecule has 2 fully saturated rings. The van der Waals surface area contributed by atoms with Gasteiger partial charge >= 0.3 is 0 Å². The highest BCUT2D eigenvalue weighted by Crippen LogP contribution is 2.29. The zero-order chi connectivity index (χ0) is 17.4. The minimum Gasteiger partial charge on any atom is -0.379 e. The van der Waals surface area contributed by atoms with Gasteiger partial charge in [-0.25, -0.2) is 0 Å². The average Bonchev–Trinajstić information content (AvgIpc) is 3.40. The molecule has 0 aliphatic heterocycles. The van der Waals surface area contributed by atoms with Gasteiger partial charge in [0.25, 0.3) is 0 Å². The Balaban J connectivity index is 1.72. The molecule has 2 saturated carbocycles. The third kappa shape index (κ3) is 6.60. The first kappa shape index (κ1) is 19.5. The normalized spacial score (nSPS) is 21.1. The summed E-state index contributed by atoms with van der Waals surface area (Å²) in [7, 11) is 8.38. The second-order valence-corrected chi connectivity index (χ2v) is 7.80. The highest BCUT2D eigenvalue weighted by molar-refractivity contribution is 5.79. The molecule has 2 aliphatic rings. The molecular weight excluding hydrogens is 300 g/mol. The maximum atomic E-state index is 5.75. The molecule has 0 bridgehead atoms. The molecule has 0 saturated heterocycles. The van der Waals surface area contributed by atoms with Crippen LogP contribution in [0.3, 0.4) is 0 Å². The van der Waals surface area contributed by atoms with Gasteiger partial charge in [0.1, 0.15) is 0 Å². The molecule has 0 aromatic carbocycles. The van der Waals surface area contributed by atoms with Crippen LogP contribution in [0.2, 0.25) is 0 Å². The summed E-state index contributed by atoms with van der Waals surface area (Å²) in [5, 5.41) is 3.59. The van der Waals surface area contributed by atoms with E-state index < -0.39 is 0 Å². The van der Waals surface area contributed by atoms with Crippen LogP contribution in [-0.4, -0.2) is 76.3 Å². The van der Waals surface area contributed by atoms with Crippen molar-refractivity contribution in [3.05, 3.63) is 0 Å². The van der Waals surface area contributed by atoms with E-state index in [0.29, 0.717) is 6.04 Å². The molecule has 1 N–H and O–H groups in total. The van der Waals surface area contributed by atoms with Crippen molar-refractivity contribution in [1.29, 1.82) is 0 Å². The standard InChI is InChI=1S/C19H38N4O/c1-20-19(23(4)12-13-24-15-16-10-11-16)21-14-18(22(2)3)17-8-6-5-7-9-17/h16-18H,5-15H2,1-4H3,(H,20,21). The second-order valence-electron chi connectivity index (χ2n) is 7.80. The maximum Gasteiger partial charge on any atom is 0.193 e. The molecule has 140 valence electrons. The third-order valence-corrected chi connectivity index (χ3v) is 5.52. The van der Waals surface area contributed by atoms with Crippen LogP contribution in [0, 0.1) is 11.8 Å². The fourth-order valence-corrected chi connectivity index (χ4v) is 3.71. The van der Waals surface area contributed by atoms with Crippen LogP contribution >= 0.6 is 0 Å². The van der Waals surface area contributed by atoms with Crippen molar-refractivity contribution < 1.29 is 4.74 Å². The van der Waals surface area contributed by atoms with Gasteiger partial charge in [-0.2, -0.15) is 0 Å². The van der Waals surface area contributed by atoms with Gasteiger partial charge in [0.2, 0.25) is 0 Å². The highest BCUT2D eigenvalue weighted by atomic mass is 16.5. The molecule has 0 aromatic rings. The molecule has 0 aromatic heterocycles. The largest absolute Gasteiger partial charge is 0.379 e. The zero-order valence-corrected chi connectivity index (χ0v) is 16.3. The summed E-state index contributed by atoms with van der Waals surface area (Å²) in [5.74, 6) is 2.63. The van der Waals surface area contributed by atoms with Gasteiger partial charge in [0.05, 0.1) is 6.61 Å². The average molecular weight is 339 g/mol. The van der Waals surface area contributed by atoms with E-state index in [2.05, 4.69) is 41.3 Å². The van der Waals surface area contributed by atoms with Crippen molar-refractivity contribution >= 4 is 5.96 Å². The topological polar surface area (TPSA) is 40.1 Å². The molecule has 2 aliphatic carbocycles. The smallest absolute Gasteiger partial charge is 0.193 e. The fraction of sp³-hybridized carbons (Fsp3) is 0.947. The van der Waals surface area contributed by atoms with Crippen molar-refractivity contribution in [3.63, 3.8) is 0 Å². The first-order valence-corrected chi connectivity index (χ1v) is 9.77. The van der Waals surface area contributed by atoms with Crippen LogP contribution in [0.4, 0.5) is 0 Å². The molecule has 5 nitrogen and oxygen atoms in total. The van der Waals surface area contributed by atoms with Crippen molar-refractivity contribution in [3.8, 4) is 0 Å². The molecule has 0 spiro atoms. The summed E-state index contributed by atoms with van der Waals surface area (Å²) < 4.78 is 5.75. The number of ether oxygens (including phenoxy) is 1. The molecule has 0 amide bonds. The molecule has 2 rings (SSSR count). The van der Waals surface area contributed by atoms with Crippen LogP contribution in [0.25, 0.3) is 0 Å². The minimum absolute atomic E-state index is 0.585. The number of nitrogens with one attached hydrogen (secondary N) is 1. The van der Waals surface area contributed by atoms with E-state index >= 15 is 0 Å². The quantitative estimate of drug-likeness (QED) is 0.398. The number of hydrogen-bond donors (Lipinski definition) is 1. The van der Waals surface area contributed by atoms with Crippen LogP contribution in [0.15, 0.2) is 4.99 Å². The predicted octanol–water partition coefficient (Wildman–Crippen LogP) is 2.43. The Morgan fingerprint density at radius 2 is 1.83 bits per heavy atom. The van der Waals surface area contributed by atoms with Crippen molar-refractivity contribution in [1.82, 2.24) is 15.1 Å². The van der Waals surface area contributed by atoms with Crippen molar-refractivity contribution in [2.24, 2.45) is 16.8 Å². The van der Waals surface area contributed by atoms with Gasteiger partial charge in [-0.15, -0.1) is 0 Å². The molecule has 0 radical (unpaired) electrons. The minimum atomic E-state index is 0.585. The Hall–Kier alpha value is -0.810. The lowest BCUT2D eigenvalue weighted by atomic mass is 9.83. The maximum absolute atomic E-state index is 5.75. The highest BCUT2D eigenvalue weighted by Gasteiger charge is 2.25. The lowest BCUT2D eigenvalue weighted by molar-refractivity contribution is 0.114. The summed E-state index contributed by atoms with van der Waals surface area (Å²) in [5.41, 5.74) is 0. The number of rotatable bonds is 9. The molecule has 24 heavy (non-hydrogen) atoms. The van der Waals surface area contributed by atoms with E-state index in [-0.39, 0.29) is 0 Å². The number of aliphatic imine (C=N–C) groups is 1. The molecule has 1 atom stereocenters. The first-order chi connectivity index (χ1) is 11.6. The van der Waals surface area contributed by atoms with Crippen LogP contribution in [-0.2, 0) is 4.74 Å². The van der Waals surface area contributed by atoms with E-state index in [1.54, 1.807) is 0 Å². The van der Waals surface area contributed by atoms with E-state index in [1.807, 2.05) is 7.05 Å². The van der Waals surface area contributed by atoms with Gasteiger partial charge in [0.15, 0.2) is 5.96 Å². The van der Waals surface area contributed by atoms with E-state index in [1.165, 1.54) is 44.9 Å². The zero-order valence-electron chi connectivity index (χ0n) is 16.3. The molecular formula is C19H38N4O. The lowest BCUT2D eigenvalue weighted by Crippen LogP contribution is -2.49. The van der Waals surface area contributed by atoms with Gasteiger partial charge in [0, 0.05) is 39.8 Å². The van der Waals surface area contributed by atoms with Crippen molar-refractivity contribution in [2.45, 2.75) is 51.0 Å². The number of guanidine groups is 1. The Labute approximate surface area is 148 Å². The first-order valence-electron chi connectivity index (χ1n) is 9.77. The Morgan fingerprint density at radius 1 is 1.12 bits per heavy atom. The molecule has 5 heteroatoms. The number of nitrogens with zero attached hydrogens (tertiary/aromatic N) is 3. The molecule has 1 unspecified atom stereocenters. The van der Waals surface area contributed by atoms with Crippen LogP contribution in [0.1, 0.15) is 44.9 Å². The molecule has 0 heterocycles. The van der Waals surface area contributed by atoms with Crippen molar-refractivity contribution in [2.75, 3.05) is 54.5 Å². The Bertz CT molecular complexity index is 376. The van der Waals surface area contributed by atoms with E-state index in [0.717, 1.165) is 44.1 Å². The number of hydrogen-bond acceptors (Lipinski definition) is 3. The van der Waals surface area contributed by atoms with Crippen LogP contribution < -0.4 is 5.32 Å². The summed E-state index contributed by atoms with van der Waals surface area (Å²) in [6.45, 7) is 3.58. The SMILES string of the molecule is CN=C(NCC(C1CCCCC1)N(C)C)N(C)CCOCC1CC1. The van der Waals surface area contributed by atoms with Gasteiger partial charge in [-0.1, -0.05) is 19.3 Å². The monoisotopic (exact) mass is 338 g/mol. The summed E-state index contributed by atoms with van der Waals surface area (Å²) >= 11 is 0. The summed E-state index contributed by atoms with van der Waals surface area (Å²) in [6, 6.07) is 0.585. The Morgan fingerprint density at radius 3 is 2.42 bits per heavy atom. The number of likely N-dealkylation sites (N-methyl/N-ethyl adjacent to an activating group) is 2. The van der Waals surface area contributed by atoms with E-state index in [9.17, 15) is 0 Å². The van der Waals surface area contributed by atoms with Gasteiger partial charge in [-0.3, -0.25) is 4.99 Å². The van der Waals surface area contributed by atoms with Gasteiger partial charge < -0.3 is 19.9 Å². The third-order valence-electron chi connectivity index (χ3n) is 5.52. The summed E-state index contributed by atoms with van der Waals surface area (Å²) in [6.07, 6.45) is 9.64. The van der Waals surface area contributed by atoms with E-state index in [4.69, 9.17) is 4.74 Å². The summed E-state index contributed by atoms with van der Waals surface area (Å²) in [4.78, 5) is 9.01. The fourth-order valence-electron chi connectivity index (χ4n) is 3.71. The van der Waals surface area contributed by atoms with Crippen LogP contribution in [0.5, 0.6) is 0 Å². The second kappa shape index (κ2) is 10.2. The van der Waals surface area contributed by atoms with Gasteiger partial charge in [-0.05, 0) is 51.6 Å². The Kier molecular flexibility index (Phi) is 8.33.